The number of carboxylic acids is 1. The molecule has 8 heteroatoms. The summed E-state index contributed by atoms with van der Waals surface area (Å²) >= 11 is 0.928. The highest BCUT2D eigenvalue weighted by Crippen LogP contribution is 2.29. The first-order chi connectivity index (χ1) is 9.00. The second-order valence-corrected chi connectivity index (χ2v) is 6.32. The molecule has 0 bridgehead atoms. The normalized spacial score (nSPS) is 12.7. The van der Waals surface area contributed by atoms with Crippen LogP contribution >= 0.6 is 11.8 Å². The molecule has 0 aliphatic heterocycles. The van der Waals surface area contributed by atoms with Crippen molar-refractivity contribution in [2.75, 3.05) is 5.75 Å². The maximum atomic E-state index is 12.4. The Kier molecular flexibility index (Phi) is 5.12. The fourth-order valence-corrected chi connectivity index (χ4v) is 2.38. The number of aliphatic carboxylic acids is 1. The zero-order valence-electron chi connectivity index (χ0n) is 11.5. The summed E-state index contributed by atoms with van der Waals surface area (Å²) in [6.07, 6.45) is -3.71. The zero-order valence-corrected chi connectivity index (χ0v) is 12.3. The molecule has 1 heterocycles. The molecular formula is C12H17F3N2O2S. The Morgan fingerprint density at radius 2 is 2.00 bits per heavy atom. The topological polar surface area (TPSA) is 55.1 Å². The van der Waals surface area contributed by atoms with Crippen molar-refractivity contribution in [1.82, 2.24) is 9.55 Å². The molecule has 114 valence electrons. The number of rotatable bonds is 5. The minimum absolute atomic E-state index is 0.230. The van der Waals surface area contributed by atoms with E-state index in [0.29, 0.717) is 10.9 Å². The third-order valence-electron chi connectivity index (χ3n) is 2.53. The van der Waals surface area contributed by atoms with Crippen LogP contribution in [0.15, 0.2) is 11.4 Å². The van der Waals surface area contributed by atoms with E-state index in [0.717, 1.165) is 11.8 Å². The van der Waals surface area contributed by atoms with Crippen molar-refractivity contribution in [2.24, 2.45) is 0 Å². The van der Waals surface area contributed by atoms with Gasteiger partial charge in [-0.3, -0.25) is 4.79 Å². The van der Waals surface area contributed by atoms with Gasteiger partial charge >= 0.3 is 12.1 Å². The second-order valence-electron chi connectivity index (χ2n) is 5.38. The van der Waals surface area contributed by atoms with E-state index in [1.165, 1.54) is 10.8 Å². The van der Waals surface area contributed by atoms with E-state index in [4.69, 9.17) is 5.11 Å². The quantitative estimate of drug-likeness (QED) is 0.848. The van der Waals surface area contributed by atoms with Gasteiger partial charge in [0.1, 0.15) is 0 Å². The summed E-state index contributed by atoms with van der Waals surface area (Å²) in [6.45, 7) is 5.37. The molecule has 20 heavy (non-hydrogen) atoms. The number of nitrogens with zero attached hydrogens (tertiary/aromatic N) is 2. The van der Waals surface area contributed by atoms with Gasteiger partial charge < -0.3 is 9.67 Å². The van der Waals surface area contributed by atoms with Gasteiger partial charge in [0.05, 0.1) is 12.2 Å². The van der Waals surface area contributed by atoms with E-state index in [1.54, 1.807) is 0 Å². The van der Waals surface area contributed by atoms with Gasteiger partial charge in [0, 0.05) is 23.9 Å². The van der Waals surface area contributed by atoms with Gasteiger partial charge in [0.15, 0.2) is 5.16 Å². The molecule has 0 spiro atoms. The maximum Gasteiger partial charge on any atom is 0.390 e. The van der Waals surface area contributed by atoms with Crippen molar-refractivity contribution in [3.05, 3.63) is 11.9 Å². The van der Waals surface area contributed by atoms with Crippen LogP contribution in [0.3, 0.4) is 0 Å². The highest BCUT2D eigenvalue weighted by Gasteiger charge is 2.29. The van der Waals surface area contributed by atoms with Crippen LogP contribution in [0.4, 0.5) is 13.2 Å². The van der Waals surface area contributed by atoms with Crippen LogP contribution < -0.4 is 0 Å². The van der Waals surface area contributed by atoms with Crippen LogP contribution in [-0.4, -0.2) is 32.6 Å². The fourth-order valence-electron chi connectivity index (χ4n) is 1.65. The standard InChI is InChI=1S/C12H17F3N2O2S/c1-11(2,3)8-6-16-10(20-7-9(18)19)17(8)5-4-12(13,14)15/h6H,4-5,7H2,1-3H3,(H,18,19). The third-order valence-corrected chi connectivity index (χ3v) is 3.51. The predicted molar refractivity (Wildman–Crippen MR) is 70.0 cm³/mol. The molecule has 0 atom stereocenters. The summed E-state index contributed by atoms with van der Waals surface area (Å²) in [5.41, 5.74) is 0.301. The summed E-state index contributed by atoms with van der Waals surface area (Å²) in [4.78, 5) is 14.6. The van der Waals surface area contributed by atoms with Gasteiger partial charge in [0.25, 0.3) is 0 Å². The van der Waals surface area contributed by atoms with Crippen molar-refractivity contribution in [3.8, 4) is 0 Å². The molecule has 0 saturated carbocycles. The van der Waals surface area contributed by atoms with Crippen LogP contribution in [0.25, 0.3) is 0 Å². The summed E-state index contributed by atoms with van der Waals surface area (Å²) in [6, 6.07) is 0. The number of thioether (sulfide) groups is 1. The average Bonchev–Trinajstić information content (AvgIpc) is 2.64. The Balaban J connectivity index is 3.00. The largest absolute Gasteiger partial charge is 0.481 e. The molecular weight excluding hydrogens is 293 g/mol. The Bertz CT molecular complexity index is 478. The number of hydrogen-bond donors (Lipinski definition) is 1. The molecule has 0 radical (unpaired) electrons. The Labute approximate surface area is 119 Å². The molecule has 0 aliphatic rings. The maximum absolute atomic E-state index is 12.4. The molecule has 0 amide bonds. The Hall–Kier alpha value is -1.18. The molecule has 1 aromatic rings. The number of carboxylic acid groups (broad SMARTS) is 1. The summed E-state index contributed by atoms with van der Waals surface area (Å²) < 4.78 is 38.6. The lowest BCUT2D eigenvalue weighted by molar-refractivity contribution is -0.137. The minimum Gasteiger partial charge on any atom is -0.481 e. The number of hydrogen-bond acceptors (Lipinski definition) is 3. The molecule has 1 N–H and O–H groups in total. The van der Waals surface area contributed by atoms with Crippen LogP contribution in [0.2, 0.25) is 0 Å². The van der Waals surface area contributed by atoms with E-state index < -0.39 is 18.6 Å². The predicted octanol–water partition coefficient (Wildman–Crippen LogP) is 3.31. The second kappa shape index (κ2) is 6.07. The van der Waals surface area contributed by atoms with E-state index in [-0.39, 0.29) is 17.7 Å². The van der Waals surface area contributed by atoms with Crippen LogP contribution in [0.5, 0.6) is 0 Å². The number of carbonyl (C=O) groups is 1. The van der Waals surface area contributed by atoms with Crippen LogP contribution in [0, 0.1) is 0 Å². The first-order valence-electron chi connectivity index (χ1n) is 5.98. The summed E-state index contributed by atoms with van der Waals surface area (Å²) in [5.74, 6) is -1.26. The smallest absolute Gasteiger partial charge is 0.390 e. The fraction of sp³-hybridized carbons (Fsp3) is 0.667. The van der Waals surface area contributed by atoms with Crippen molar-refractivity contribution < 1.29 is 23.1 Å². The lowest BCUT2D eigenvalue weighted by Crippen LogP contribution is -2.21. The van der Waals surface area contributed by atoms with E-state index in [2.05, 4.69) is 4.98 Å². The lowest BCUT2D eigenvalue weighted by Gasteiger charge is -2.22. The van der Waals surface area contributed by atoms with Gasteiger partial charge in [0.2, 0.25) is 0 Å². The highest BCUT2D eigenvalue weighted by atomic mass is 32.2. The Morgan fingerprint density at radius 3 is 2.45 bits per heavy atom. The number of imidazole rings is 1. The van der Waals surface area contributed by atoms with Crippen LogP contribution in [0.1, 0.15) is 32.9 Å². The number of alkyl halides is 3. The molecule has 1 rings (SSSR count). The van der Waals surface area contributed by atoms with Gasteiger partial charge in [-0.1, -0.05) is 32.5 Å². The molecule has 4 nitrogen and oxygen atoms in total. The molecule has 0 aliphatic carbocycles. The van der Waals surface area contributed by atoms with Gasteiger partial charge in [-0.05, 0) is 0 Å². The first kappa shape index (κ1) is 16.9. The Morgan fingerprint density at radius 1 is 1.40 bits per heavy atom. The van der Waals surface area contributed by atoms with Gasteiger partial charge in [-0.25, -0.2) is 4.98 Å². The number of halogens is 3. The first-order valence-corrected chi connectivity index (χ1v) is 6.96. The third kappa shape index (κ3) is 5.07. The molecule has 1 aromatic heterocycles. The minimum atomic E-state index is -4.26. The molecule has 0 aromatic carbocycles. The zero-order chi connectivity index (χ0) is 15.6. The van der Waals surface area contributed by atoms with Crippen molar-refractivity contribution in [2.45, 2.75) is 50.5 Å². The van der Waals surface area contributed by atoms with E-state index >= 15 is 0 Å². The summed E-state index contributed by atoms with van der Waals surface area (Å²) in [7, 11) is 0. The van der Waals surface area contributed by atoms with Gasteiger partial charge in [-0.15, -0.1) is 0 Å². The highest BCUT2D eigenvalue weighted by molar-refractivity contribution is 7.99. The van der Waals surface area contributed by atoms with E-state index in [9.17, 15) is 18.0 Å². The summed E-state index contributed by atoms with van der Waals surface area (Å²) in [5, 5.41) is 8.96. The number of aromatic nitrogens is 2. The monoisotopic (exact) mass is 310 g/mol. The SMILES string of the molecule is CC(C)(C)c1cnc(SCC(=O)O)n1CCC(F)(F)F. The van der Waals surface area contributed by atoms with E-state index in [1.807, 2.05) is 20.8 Å². The van der Waals surface area contributed by atoms with Crippen LogP contribution in [-0.2, 0) is 16.8 Å². The molecule has 0 saturated heterocycles. The van der Waals surface area contributed by atoms with Crippen molar-refractivity contribution in [1.29, 1.82) is 0 Å². The molecule has 0 unspecified atom stereocenters. The average molecular weight is 310 g/mol. The lowest BCUT2D eigenvalue weighted by atomic mass is 9.92. The van der Waals surface area contributed by atoms with Crippen molar-refractivity contribution >= 4 is 17.7 Å². The van der Waals surface area contributed by atoms with Gasteiger partial charge in [-0.2, -0.15) is 13.2 Å². The molecule has 0 fully saturated rings. The van der Waals surface area contributed by atoms with Crippen molar-refractivity contribution in [3.63, 3.8) is 0 Å².